The van der Waals surface area contributed by atoms with Crippen molar-refractivity contribution in [2.75, 3.05) is 38.7 Å². The number of ether oxygens (including phenoxy) is 1. The first-order valence-corrected chi connectivity index (χ1v) is 12.9. The molecule has 0 unspecified atom stereocenters. The van der Waals surface area contributed by atoms with Crippen LogP contribution in [0.25, 0.3) is 0 Å². The van der Waals surface area contributed by atoms with Crippen LogP contribution < -0.4 is 10.1 Å². The fourth-order valence-electron chi connectivity index (χ4n) is 5.36. The first-order chi connectivity index (χ1) is 19.0. The summed E-state index contributed by atoms with van der Waals surface area (Å²) in [5, 5.41) is 34.3. The Morgan fingerprint density at radius 1 is 1.00 bits per heavy atom. The molecule has 0 spiro atoms. The minimum absolute atomic E-state index is 0.00707. The van der Waals surface area contributed by atoms with Gasteiger partial charge in [0.05, 0.1) is 32.5 Å². The lowest BCUT2D eigenvalue weighted by atomic mass is 9.74. The Balaban J connectivity index is 1.35. The van der Waals surface area contributed by atoms with Gasteiger partial charge in [0.15, 0.2) is 0 Å². The number of pyridine rings is 1. The lowest BCUT2D eigenvalue weighted by molar-refractivity contribution is -0.112. The number of amides is 2. The van der Waals surface area contributed by atoms with E-state index in [0.29, 0.717) is 18.0 Å². The van der Waals surface area contributed by atoms with Crippen LogP contribution in [0.1, 0.15) is 22.6 Å². The molecule has 3 heterocycles. The number of carbonyl (C=O) groups excluding carboxylic acids is 1. The molecule has 4 N–H and O–H groups in total. The number of methoxy groups -OCH3 is 1. The average molecular weight is 529 g/mol. The van der Waals surface area contributed by atoms with Crippen LogP contribution in [0.2, 0.25) is 0 Å². The molecule has 2 saturated heterocycles. The van der Waals surface area contributed by atoms with Crippen LogP contribution >= 0.6 is 0 Å². The quantitative estimate of drug-likeness (QED) is 0.382. The summed E-state index contributed by atoms with van der Waals surface area (Å²) in [6.07, 6.45) is 1.26. The first-order valence-electron chi connectivity index (χ1n) is 12.9. The number of fused-ring (bicyclic) bond motifs is 1. The van der Waals surface area contributed by atoms with Crippen LogP contribution in [-0.4, -0.2) is 93.8 Å². The molecule has 202 valence electrons. The molecule has 5 atom stereocenters. The van der Waals surface area contributed by atoms with E-state index in [2.05, 4.69) is 22.1 Å². The van der Waals surface area contributed by atoms with Crippen molar-refractivity contribution in [1.29, 1.82) is 0 Å². The van der Waals surface area contributed by atoms with Crippen LogP contribution in [0.15, 0.2) is 73.1 Å². The third-order valence-electron chi connectivity index (χ3n) is 7.46. The minimum Gasteiger partial charge on any atom is -0.497 e. The van der Waals surface area contributed by atoms with Gasteiger partial charge in [-0.25, -0.2) is 4.79 Å². The Bertz CT molecular complexity index is 1320. The molecular weight excluding hydrogens is 496 g/mol. The number of carbonyl (C=O) groups is 1. The standard InChI is InChI=1S/C30H32N4O5/c1-39-24-12-10-23(11-13-24)32-30(38)33-16-25-29(26(19-35)34(25)18-28(37)27(36)17-33)22-8-6-20(7-9-22)4-5-21-3-2-14-31-15-21/h2-3,6-15,25-29,35-37H,16-19H2,1H3,(H,32,38)/t25-,26+,27-,28+,29+/m0/s1. The molecule has 1 aromatic heterocycles. The molecule has 2 aliphatic heterocycles. The molecule has 9 nitrogen and oxygen atoms in total. The zero-order valence-corrected chi connectivity index (χ0v) is 21.6. The van der Waals surface area contributed by atoms with Crippen molar-refractivity contribution in [2.45, 2.75) is 30.2 Å². The Morgan fingerprint density at radius 3 is 2.38 bits per heavy atom. The van der Waals surface area contributed by atoms with Gasteiger partial charge in [0, 0.05) is 60.3 Å². The summed E-state index contributed by atoms with van der Waals surface area (Å²) in [6.45, 7) is 0.434. The van der Waals surface area contributed by atoms with Crippen molar-refractivity contribution in [3.05, 3.63) is 89.7 Å². The molecule has 0 aliphatic carbocycles. The maximum Gasteiger partial charge on any atom is 0.321 e. The van der Waals surface area contributed by atoms with E-state index in [9.17, 15) is 20.1 Å². The van der Waals surface area contributed by atoms with Gasteiger partial charge in [-0.2, -0.15) is 0 Å². The van der Waals surface area contributed by atoms with Gasteiger partial charge >= 0.3 is 6.03 Å². The van der Waals surface area contributed by atoms with Crippen LogP contribution in [-0.2, 0) is 0 Å². The van der Waals surface area contributed by atoms with E-state index in [1.165, 1.54) is 4.90 Å². The molecule has 2 amide bonds. The van der Waals surface area contributed by atoms with Crippen molar-refractivity contribution in [3.63, 3.8) is 0 Å². The van der Waals surface area contributed by atoms with Crippen LogP contribution in [0, 0.1) is 11.8 Å². The Morgan fingerprint density at radius 2 is 1.72 bits per heavy atom. The highest BCUT2D eigenvalue weighted by atomic mass is 16.5. The van der Waals surface area contributed by atoms with E-state index in [0.717, 1.165) is 16.7 Å². The van der Waals surface area contributed by atoms with Gasteiger partial charge in [0.2, 0.25) is 0 Å². The third kappa shape index (κ3) is 5.90. The molecule has 2 aromatic carbocycles. The van der Waals surface area contributed by atoms with E-state index in [1.54, 1.807) is 43.8 Å². The Labute approximate surface area is 227 Å². The van der Waals surface area contributed by atoms with Gasteiger partial charge in [-0.15, -0.1) is 0 Å². The molecule has 5 rings (SSSR count). The number of rotatable bonds is 4. The number of nitrogens with zero attached hydrogens (tertiary/aromatic N) is 3. The molecule has 39 heavy (non-hydrogen) atoms. The highest BCUT2D eigenvalue weighted by Gasteiger charge is 2.51. The van der Waals surface area contributed by atoms with Crippen molar-refractivity contribution in [3.8, 4) is 17.6 Å². The van der Waals surface area contributed by atoms with Gasteiger partial charge in [-0.05, 0) is 54.1 Å². The third-order valence-corrected chi connectivity index (χ3v) is 7.46. The lowest BCUT2D eigenvalue weighted by Crippen LogP contribution is -2.71. The second-order valence-corrected chi connectivity index (χ2v) is 9.85. The topological polar surface area (TPSA) is 118 Å². The first kappa shape index (κ1) is 26.7. The number of hydrogen-bond acceptors (Lipinski definition) is 7. The normalized spacial score (nSPS) is 24.7. The Kier molecular flexibility index (Phi) is 8.10. The fourth-order valence-corrected chi connectivity index (χ4v) is 5.36. The fraction of sp³-hybridized carbons (Fsp3) is 0.333. The average Bonchev–Trinajstić information content (AvgIpc) is 2.96. The van der Waals surface area contributed by atoms with E-state index >= 15 is 0 Å². The van der Waals surface area contributed by atoms with Gasteiger partial charge in [0.1, 0.15) is 5.75 Å². The summed E-state index contributed by atoms with van der Waals surface area (Å²) in [5.41, 5.74) is 3.31. The largest absolute Gasteiger partial charge is 0.497 e. The molecule has 3 aromatic rings. The molecule has 2 aliphatic rings. The minimum atomic E-state index is -1.11. The van der Waals surface area contributed by atoms with Gasteiger partial charge < -0.3 is 30.3 Å². The summed E-state index contributed by atoms with van der Waals surface area (Å²) >= 11 is 0. The summed E-state index contributed by atoms with van der Waals surface area (Å²) < 4.78 is 5.18. The van der Waals surface area contributed by atoms with Crippen molar-refractivity contribution in [2.24, 2.45) is 0 Å². The van der Waals surface area contributed by atoms with E-state index in [1.807, 2.05) is 41.3 Å². The Hall–Kier alpha value is -3.94. The maximum absolute atomic E-state index is 13.2. The van der Waals surface area contributed by atoms with Crippen molar-refractivity contribution < 1.29 is 24.9 Å². The number of aliphatic hydroxyl groups is 3. The summed E-state index contributed by atoms with van der Waals surface area (Å²) in [7, 11) is 1.57. The predicted octanol–water partition coefficient (Wildman–Crippen LogP) is 1.89. The zero-order chi connectivity index (χ0) is 27.4. The number of β-amino-alcohol motifs (C(OH)–C–C–N with tert-alkyl or cyclic N) is 1. The summed E-state index contributed by atoms with van der Waals surface area (Å²) in [4.78, 5) is 20.8. The van der Waals surface area contributed by atoms with Gasteiger partial charge in [0.25, 0.3) is 0 Å². The molecule has 2 fully saturated rings. The highest BCUT2D eigenvalue weighted by molar-refractivity contribution is 5.89. The molecule has 9 heteroatoms. The van der Waals surface area contributed by atoms with Gasteiger partial charge in [-0.3, -0.25) is 9.88 Å². The summed E-state index contributed by atoms with van der Waals surface area (Å²) in [5.74, 6) is 6.86. The van der Waals surface area contributed by atoms with Crippen LogP contribution in [0.5, 0.6) is 5.75 Å². The van der Waals surface area contributed by atoms with E-state index in [4.69, 9.17) is 4.74 Å². The number of nitrogens with one attached hydrogen (secondary N) is 1. The smallest absolute Gasteiger partial charge is 0.321 e. The zero-order valence-electron chi connectivity index (χ0n) is 21.6. The number of anilines is 1. The number of benzene rings is 2. The van der Waals surface area contributed by atoms with Crippen LogP contribution in [0.3, 0.4) is 0 Å². The maximum atomic E-state index is 13.2. The molecule has 0 saturated carbocycles. The van der Waals surface area contributed by atoms with Gasteiger partial charge in [-0.1, -0.05) is 24.0 Å². The predicted molar refractivity (Wildman–Crippen MR) is 146 cm³/mol. The van der Waals surface area contributed by atoms with E-state index in [-0.39, 0.29) is 43.7 Å². The lowest BCUT2D eigenvalue weighted by Gasteiger charge is -2.58. The monoisotopic (exact) mass is 528 g/mol. The van der Waals surface area contributed by atoms with E-state index < -0.39 is 12.2 Å². The highest BCUT2D eigenvalue weighted by Crippen LogP contribution is 2.42. The van der Waals surface area contributed by atoms with Crippen molar-refractivity contribution >= 4 is 11.7 Å². The molecular formula is C30H32N4O5. The second kappa shape index (κ2) is 11.8. The SMILES string of the molecule is COc1ccc(NC(=O)N2C[C@H](O)[C@H](O)CN3[C@H](CO)[C@H](c4ccc(C#Cc5cccnc5)cc4)[C@@H]3C2)cc1. The van der Waals surface area contributed by atoms with Crippen molar-refractivity contribution in [1.82, 2.24) is 14.8 Å². The second-order valence-electron chi connectivity index (χ2n) is 9.85. The molecule has 0 bridgehead atoms. The number of urea groups is 1. The summed E-state index contributed by atoms with van der Waals surface area (Å²) in [6, 6.07) is 17.9. The van der Waals surface area contributed by atoms with Crippen LogP contribution in [0.4, 0.5) is 10.5 Å². The number of aliphatic hydroxyl groups excluding tert-OH is 3. The number of aromatic nitrogens is 1. The number of hydrogen-bond donors (Lipinski definition) is 4. The molecule has 0 radical (unpaired) electrons.